The second-order valence-electron chi connectivity index (χ2n) is 2.44. The predicted octanol–water partition coefficient (Wildman–Crippen LogP) is 1.96. The number of benzene rings is 1. The first-order valence-corrected chi connectivity index (χ1v) is 4.18. The molecular weight excluding hydrogens is 216 g/mol. The van der Waals surface area contributed by atoms with Crippen molar-refractivity contribution in [2.45, 2.75) is 0 Å². The molecule has 0 bridgehead atoms. The Morgan fingerprint density at radius 1 is 1.47 bits per heavy atom. The largest absolute Gasteiger partial charge is 0.477 e. The van der Waals surface area contributed by atoms with E-state index in [-0.39, 0.29) is 5.03 Å². The average Bonchev–Trinajstić information content (AvgIpc) is 2.20. The van der Waals surface area contributed by atoms with Crippen molar-refractivity contribution in [1.82, 2.24) is 0 Å². The molecule has 0 radical (unpaired) electrons. The minimum absolute atomic E-state index is 0.352. The smallest absolute Gasteiger partial charge is 0.346 e. The number of anilines is 1. The van der Waals surface area contributed by atoms with Crippen molar-refractivity contribution >= 4 is 23.3 Å². The molecule has 1 aromatic rings. The first-order chi connectivity index (χ1) is 6.97. The second-order valence-corrected chi connectivity index (χ2v) is 2.90. The van der Waals surface area contributed by atoms with Crippen molar-refractivity contribution < 1.29 is 9.90 Å². The Bertz CT molecular complexity index is 381. The number of carboxylic acid groups (broad SMARTS) is 1. The van der Waals surface area contributed by atoms with E-state index in [1.807, 2.05) is 6.07 Å². The molecule has 15 heavy (non-hydrogen) atoms. The molecular formula is C10H9ClN2O2. The summed E-state index contributed by atoms with van der Waals surface area (Å²) < 4.78 is 0. The normalized spacial score (nSPS) is 8.00. The number of rotatable bonds is 1. The van der Waals surface area contributed by atoms with Gasteiger partial charge in [0, 0.05) is 5.69 Å². The molecule has 1 aromatic carbocycles. The van der Waals surface area contributed by atoms with Crippen LogP contribution < -0.4 is 5.73 Å². The van der Waals surface area contributed by atoms with Crippen LogP contribution in [0.5, 0.6) is 0 Å². The summed E-state index contributed by atoms with van der Waals surface area (Å²) in [5, 5.41) is 15.7. The number of nitrogens with zero attached hydrogens (tertiary/aromatic N) is 1. The minimum Gasteiger partial charge on any atom is -0.477 e. The maximum absolute atomic E-state index is 9.47. The van der Waals surface area contributed by atoms with E-state index in [1.54, 1.807) is 24.3 Å². The standard InChI is InChI=1S/C7H6N2.C3H3ClO2/c8-5-6-1-3-7(9)4-2-6;1-2(4)3(5)6/h1-4H,9H2;1H2,(H,5,6). The Kier molecular flexibility index (Phi) is 5.60. The lowest BCUT2D eigenvalue weighted by molar-refractivity contribution is -0.131. The van der Waals surface area contributed by atoms with Crippen molar-refractivity contribution in [2.24, 2.45) is 0 Å². The van der Waals surface area contributed by atoms with Crippen LogP contribution in [0.15, 0.2) is 35.9 Å². The lowest BCUT2D eigenvalue weighted by Crippen LogP contribution is -1.89. The molecule has 1 rings (SSSR count). The molecule has 78 valence electrons. The van der Waals surface area contributed by atoms with E-state index in [1.165, 1.54) is 0 Å². The molecule has 0 saturated heterocycles. The number of hydrogen-bond donors (Lipinski definition) is 2. The summed E-state index contributed by atoms with van der Waals surface area (Å²) in [6.07, 6.45) is 0. The molecule has 0 aliphatic heterocycles. The van der Waals surface area contributed by atoms with E-state index < -0.39 is 5.97 Å². The van der Waals surface area contributed by atoms with Gasteiger partial charge in [0.15, 0.2) is 0 Å². The Balaban J connectivity index is 0.000000288. The Morgan fingerprint density at radius 3 is 2.13 bits per heavy atom. The van der Waals surface area contributed by atoms with Crippen molar-refractivity contribution in [1.29, 1.82) is 5.26 Å². The van der Waals surface area contributed by atoms with Gasteiger partial charge in [0.25, 0.3) is 0 Å². The van der Waals surface area contributed by atoms with Crippen LogP contribution in [-0.2, 0) is 4.79 Å². The monoisotopic (exact) mass is 224 g/mol. The second kappa shape index (κ2) is 6.46. The predicted molar refractivity (Wildman–Crippen MR) is 58.2 cm³/mol. The van der Waals surface area contributed by atoms with Crippen LogP contribution in [0.1, 0.15) is 5.56 Å². The third kappa shape index (κ3) is 6.13. The SMILES string of the molecule is C=C(Cl)C(=O)O.N#Cc1ccc(N)cc1. The molecule has 0 atom stereocenters. The van der Waals surface area contributed by atoms with E-state index in [0.29, 0.717) is 11.3 Å². The van der Waals surface area contributed by atoms with E-state index in [9.17, 15) is 4.79 Å². The molecule has 0 heterocycles. The first-order valence-electron chi connectivity index (χ1n) is 3.80. The van der Waals surface area contributed by atoms with Crippen molar-refractivity contribution in [3.05, 3.63) is 41.4 Å². The van der Waals surface area contributed by atoms with Crippen LogP contribution in [-0.4, -0.2) is 11.1 Å². The van der Waals surface area contributed by atoms with Gasteiger partial charge in [0.1, 0.15) is 5.03 Å². The highest BCUT2D eigenvalue weighted by molar-refractivity contribution is 6.40. The van der Waals surface area contributed by atoms with Crippen LogP contribution in [0.3, 0.4) is 0 Å². The third-order valence-corrected chi connectivity index (χ3v) is 1.43. The van der Waals surface area contributed by atoms with Gasteiger partial charge in [0.2, 0.25) is 0 Å². The lowest BCUT2D eigenvalue weighted by atomic mass is 10.2. The minimum atomic E-state index is -1.17. The third-order valence-electron chi connectivity index (χ3n) is 1.27. The maximum atomic E-state index is 9.47. The summed E-state index contributed by atoms with van der Waals surface area (Å²) >= 11 is 4.82. The summed E-state index contributed by atoms with van der Waals surface area (Å²) in [6, 6.07) is 8.79. The molecule has 3 N–H and O–H groups in total. The summed E-state index contributed by atoms with van der Waals surface area (Å²) in [5.74, 6) is -1.17. The van der Waals surface area contributed by atoms with Crippen LogP contribution in [0.25, 0.3) is 0 Å². The van der Waals surface area contributed by atoms with Gasteiger partial charge in [0.05, 0.1) is 11.6 Å². The molecule has 0 aliphatic carbocycles. The van der Waals surface area contributed by atoms with Gasteiger partial charge in [-0.15, -0.1) is 0 Å². The molecule has 0 fully saturated rings. The van der Waals surface area contributed by atoms with Gasteiger partial charge >= 0.3 is 5.97 Å². The zero-order valence-electron chi connectivity index (χ0n) is 7.77. The molecule has 0 aliphatic rings. The van der Waals surface area contributed by atoms with Gasteiger partial charge < -0.3 is 10.8 Å². The van der Waals surface area contributed by atoms with E-state index in [4.69, 9.17) is 27.7 Å². The fourth-order valence-electron chi connectivity index (χ4n) is 0.558. The van der Waals surface area contributed by atoms with Gasteiger partial charge in [-0.05, 0) is 24.3 Å². The Morgan fingerprint density at radius 2 is 1.87 bits per heavy atom. The molecule has 4 nitrogen and oxygen atoms in total. The van der Waals surface area contributed by atoms with Crippen LogP contribution in [0.2, 0.25) is 0 Å². The lowest BCUT2D eigenvalue weighted by Gasteiger charge is -1.88. The fraction of sp³-hybridized carbons (Fsp3) is 0. The maximum Gasteiger partial charge on any atom is 0.346 e. The van der Waals surface area contributed by atoms with Gasteiger partial charge in [-0.1, -0.05) is 18.2 Å². The molecule has 5 heteroatoms. The number of halogens is 1. The Labute approximate surface area is 92.2 Å². The number of nitriles is 1. The van der Waals surface area contributed by atoms with Crippen LogP contribution in [0.4, 0.5) is 5.69 Å². The molecule has 0 aromatic heterocycles. The topological polar surface area (TPSA) is 87.1 Å². The number of carbonyl (C=O) groups is 1. The zero-order valence-corrected chi connectivity index (χ0v) is 8.53. The number of nitrogens with two attached hydrogens (primary N) is 1. The summed E-state index contributed by atoms with van der Waals surface area (Å²) in [6.45, 7) is 2.92. The average molecular weight is 225 g/mol. The Hall–Kier alpha value is -1.99. The first kappa shape index (κ1) is 13.0. The van der Waals surface area contributed by atoms with Gasteiger partial charge in [-0.3, -0.25) is 0 Å². The molecule has 0 unspecified atom stereocenters. The molecule has 0 saturated carbocycles. The number of carboxylic acids is 1. The fourth-order valence-corrected chi connectivity index (χ4v) is 0.558. The van der Waals surface area contributed by atoms with Crippen molar-refractivity contribution in [3.63, 3.8) is 0 Å². The van der Waals surface area contributed by atoms with Crippen molar-refractivity contribution in [2.75, 3.05) is 5.73 Å². The quantitative estimate of drug-likeness (QED) is 0.564. The number of hydrogen-bond acceptors (Lipinski definition) is 3. The highest BCUT2D eigenvalue weighted by Gasteiger charge is 1.93. The number of nitrogen functional groups attached to an aromatic ring is 1. The summed E-state index contributed by atoms with van der Waals surface area (Å²) in [7, 11) is 0. The van der Waals surface area contributed by atoms with E-state index in [0.717, 1.165) is 0 Å². The van der Waals surface area contributed by atoms with E-state index in [2.05, 4.69) is 6.58 Å². The van der Waals surface area contributed by atoms with Gasteiger partial charge in [-0.2, -0.15) is 5.26 Å². The number of aliphatic carboxylic acids is 1. The van der Waals surface area contributed by atoms with Gasteiger partial charge in [-0.25, -0.2) is 4.79 Å². The van der Waals surface area contributed by atoms with Crippen LogP contribution in [0, 0.1) is 11.3 Å². The summed E-state index contributed by atoms with van der Waals surface area (Å²) in [5.41, 5.74) is 6.70. The molecule has 0 spiro atoms. The van der Waals surface area contributed by atoms with E-state index >= 15 is 0 Å². The highest BCUT2D eigenvalue weighted by atomic mass is 35.5. The summed E-state index contributed by atoms with van der Waals surface area (Å²) in [4.78, 5) is 9.47. The highest BCUT2D eigenvalue weighted by Crippen LogP contribution is 2.02. The van der Waals surface area contributed by atoms with Crippen LogP contribution >= 0.6 is 11.6 Å². The molecule has 0 amide bonds. The van der Waals surface area contributed by atoms with Crippen molar-refractivity contribution in [3.8, 4) is 6.07 Å². The zero-order chi connectivity index (χ0) is 11.8.